The predicted octanol–water partition coefficient (Wildman–Crippen LogP) is 3.03. The zero-order chi connectivity index (χ0) is 14.0. The van der Waals surface area contributed by atoms with Crippen molar-refractivity contribution in [1.29, 1.82) is 0 Å². The molecule has 0 aliphatic heterocycles. The molecule has 0 bridgehead atoms. The highest BCUT2D eigenvalue weighted by Gasteiger charge is 2.20. The molecule has 0 amide bonds. The second-order valence-electron chi connectivity index (χ2n) is 4.15. The zero-order valence-corrected chi connectivity index (χ0v) is 10.7. The van der Waals surface area contributed by atoms with Crippen LogP contribution in [0.4, 0.5) is 4.39 Å². The van der Waals surface area contributed by atoms with Gasteiger partial charge in [0, 0.05) is 5.56 Å². The van der Waals surface area contributed by atoms with Crippen LogP contribution in [-0.4, -0.2) is 18.4 Å². The van der Waals surface area contributed by atoms with Crippen molar-refractivity contribution in [2.24, 2.45) is 0 Å². The number of ketones is 1. The second-order valence-corrected chi connectivity index (χ2v) is 4.15. The third-order valence-electron chi connectivity index (χ3n) is 2.96. The first-order valence-electron chi connectivity index (χ1n) is 5.95. The number of hydrogen-bond acceptors (Lipinski definition) is 3. The largest absolute Gasteiger partial charge is 0.460 e. The third kappa shape index (κ3) is 2.47. The fourth-order valence-corrected chi connectivity index (χ4v) is 2.01. The van der Waals surface area contributed by atoms with E-state index < -0.39 is 11.8 Å². The Bertz CT molecular complexity index is 662. The molecule has 2 aromatic rings. The summed E-state index contributed by atoms with van der Waals surface area (Å²) in [5, 5.41) is 1.44. The second kappa shape index (κ2) is 5.18. The Morgan fingerprint density at radius 2 is 1.95 bits per heavy atom. The van der Waals surface area contributed by atoms with Gasteiger partial charge in [0.2, 0.25) is 0 Å². The van der Waals surface area contributed by atoms with E-state index in [4.69, 9.17) is 4.74 Å². The molecule has 0 fully saturated rings. The van der Waals surface area contributed by atoms with Crippen molar-refractivity contribution >= 4 is 22.5 Å². The van der Waals surface area contributed by atoms with Gasteiger partial charge in [-0.25, -0.2) is 9.18 Å². The lowest BCUT2D eigenvalue weighted by molar-refractivity contribution is -0.137. The summed E-state index contributed by atoms with van der Waals surface area (Å²) in [5.74, 6) is -1.88. The number of benzene rings is 2. The zero-order valence-electron chi connectivity index (χ0n) is 10.7. The SMILES string of the molecule is CCOC(=O)C(=O)c1ccc2cc(F)ccc2c1C. The van der Waals surface area contributed by atoms with Gasteiger partial charge < -0.3 is 4.74 Å². The molecule has 2 rings (SSSR count). The number of fused-ring (bicyclic) bond motifs is 1. The number of carbonyl (C=O) groups is 2. The Balaban J connectivity index is 2.51. The predicted molar refractivity (Wildman–Crippen MR) is 69.6 cm³/mol. The average molecular weight is 260 g/mol. The number of esters is 1. The first-order chi connectivity index (χ1) is 9.04. The molecule has 0 saturated carbocycles. The van der Waals surface area contributed by atoms with Gasteiger partial charge in [0.05, 0.1) is 6.61 Å². The van der Waals surface area contributed by atoms with E-state index in [1.165, 1.54) is 18.2 Å². The molecule has 19 heavy (non-hydrogen) atoms. The van der Waals surface area contributed by atoms with E-state index in [2.05, 4.69) is 0 Å². The molecule has 0 aliphatic rings. The van der Waals surface area contributed by atoms with E-state index in [0.717, 1.165) is 5.39 Å². The minimum atomic E-state index is -0.868. The number of carbonyl (C=O) groups excluding carboxylic acids is 2. The molecular formula is C15H13FO3. The van der Waals surface area contributed by atoms with Crippen LogP contribution in [-0.2, 0) is 9.53 Å². The van der Waals surface area contributed by atoms with Crippen LogP contribution in [0.2, 0.25) is 0 Å². The maximum atomic E-state index is 13.1. The fraction of sp³-hybridized carbons (Fsp3) is 0.200. The summed E-state index contributed by atoms with van der Waals surface area (Å²) in [7, 11) is 0. The molecule has 0 saturated heterocycles. The van der Waals surface area contributed by atoms with Gasteiger partial charge in [-0.05, 0) is 48.4 Å². The summed E-state index contributed by atoms with van der Waals surface area (Å²) in [6.45, 7) is 3.52. The molecule has 98 valence electrons. The lowest BCUT2D eigenvalue weighted by atomic mass is 9.97. The van der Waals surface area contributed by atoms with Crippen molar-refractivity contribution in [3.63, 3.8) is 0 Å². The number of aryl methyl sites for hydroxylation is 1. The summed E-state index contributed by atoms with van der Waals surface area (Å²) in [6.07, 6.45) is 0. The maximum Gasteiger partial charge on any atom is 0.379 e. The van der Waals surface area contributed by atoms with Crippen molar-refractivity contribution < 1.29 is 18.7 Å². The Morgan fingerprint density at radius 3 is 2.63 bits per heavy atom. The highest BCUT2D eigenvalue weighted by molar-refractivity contribution is 6.41. The van der Waals surface area contributed by atoms with Crippen molar-refractivity contribution in [2.75, 3.05) is 6.61 Å². The maximum absolute atomic E-state index is 13.1. The van der Waals surface area contributed by atoms with Gasteiger partial charge in [0.15, 0.2) is 0 Å². The summed E-state index contributed by atoms with van der Waals surface area (Å²) in [4.78, 5) is 23.4. The summed E-state index contributed by atoms with van der Waals surface area (Å²) >= 11 is 0. The van der Waals surface area contributed by atoms with Crippen LogP contribution in [0.1, 0.15) is 22.8 Å². The van der Waals surface area contributed by atoms with Crippen LogP contribution in [0.3, 0.4) is 0 Å². The molecule has 3 nitrogen and oxygen atoms in total. The lowest BCUT2D eigenvalue weighted by Crippen LogP contribution is -2.18. The number of ether oxygens (including phenoxy) is 1. The van der Waals surface area contributed by atoms with Crippen LogP contribution in [0.5, 0.6) is 0 Å². The highest BCUT2D eigenvalue weighted by Crippen LogP contribution is 2.23. The standard InChI is InChI=1S/C15H13FO3/c1-3-19-15(18)14(17)13-6-4-10-8-11(16)5-7-12(10)9(13)2/h4-8H,3H2,1-2H3. The van der Waals surface area contributed by atoms with Crippen molar-refractivity contribution in [3.8, 4) is 0 Å². The molecule has 0 N–H and O–H groups in total. The number of rotatable bonds is 3. The Kier molecular flexibility index (Phi) is 3.60. The molecule has 0 heterocycles. The van der Waals surface area contributed by atoms with Gasteiger partial charge in [-0.2, -0.15) is 0 Å². The van der Waals surface area contributed by atoms with Crippen LogP contribution in [0, 0.1) is 12.7 Å². The van der Waals surface area contributed by atoms with Crippen LogP contribution in [0.15, 0.2) is 30.3 Å². The minimum absolute atomic E-state index is 0.155. The molecule has 0 spiro atoms. The first-order valence-corrected chi connectivity index (χ1v) is 5.95. The Labute approximate surface area is 110 Å². The smallest absolute Gasteiger partial charge is 0.379 e. The Hall–Kier alpha value is -2.23. The normalized spacial score (nSPS) is 10.5. The van der Waals surface area contributed by atoms with Crippen LogP contribution in [0.25, 0.3) is 10.8 Å². The minimum Gasteiger partial charge on any atom is -0.460 e. The molecule has 0 aliphatic carbocycles. The third-order valence-corrected chi connectivity index (χ3v) is 2.96. The fourth-order valence-electron chi connectivity index (χ4n) is 2.01. The topological polar surface area (TPSA) is 43.4 Å². The van der Waals surface area contributed by atoms with Gasteiger partial charge in [-0.1, -0.05) is 12.1 Å². The summed E-state index contributed by atoms with van der Waals surface area (Å²) in [5.41, 5.74) is 0.938. The van der Waals surface area contributed by atoms with Crippen molar-refractivity contribution in [2.45, 2.75) is 13.8 Å². The molecule has 0 atom stereocenters. The molecule has 2 aromatic carbocycles. The number of halogens is 1. The lowest BCUT2D eigenvalue weighted by Gasteiger charge is -2.08. The van der Waals surface area contributed by atoms with Crippen molar-refractivity contribution in [3.05, 3.63) is 47.3 Å². The number of hydrogen-bond donors (Lipinski definition) is 0. The van der Waals surface area contributed by atoms with E-state index in [1.807, 2.05) is 0 Å². The van der Waals surface area contributed by atoms with E-state index >= 15 is 0 Å². The van der Waals surface area contributed by atoms with Gasteiger partial charge in [0.25, 0.3) is 5.78 Å². The Morgan fingerprint density at radius 1 is 1.21 bits per heavy atom. The van der Waals surface area contributed by atoms with Crippen molar-refractivity contribution in [1.82, 2.24) is 0 Å². The van der Waals surface area contributed by atoms with Gasteiger partial charge in [0.1, 0.15) is 5.82 Å². The van der Waals surface area contributed by atoms with E-state index in [0.29, 0.717) is 10.9 Å². The molecule has 0 unspecified atom stereocenters. The molecular weight excluding hydrogens is 247 g/mol. The van der Waals surface area contributed by atoms with Gasteiger partial charge in [-0.3, -0.25) is 4.79 Å². The quantitative estimate of drug-likeness (QED) is 0.484. The molecule has 0 aromatic heterocycles. The van der Waals surface area contributed by atoms with Crippen LogP contribution >= 0.6 is 0 Å². The summed E-state index contributed by atoms with van der Waals surface area (Å²) < 4.78 is 17.8. The molecule has 0 radical (unpaired) electrons. The highest BCUT2D eigenvalue weighted by atomic mass is 19.1. The van der Waals surface area contributed by atoms with Gasteiger partial charge >= 0.3 is 5.97 Å². The number of Topliss-reactive ketones (excluding diaryl/α,β-unsaturated/α-hetero) is 1. The van der Waals surface area contributed by atoms with E-state index in [9.17, 15) is 14.0 Å². The summed E-state index contributed by atoms with van der Waals surface area (Å²) in [6, 6.07) is 7.46. The average Bonchev–Trinajstić information content (AvgIpc) is 2.38. The van der Waals surface area contributed by atoms with E-state index in [-0.39, 0.29) is 18.0 Å². The first kappa shape index (κ1) is 13.2. The van der Waals surface area contributed by atoms with E-state index in [1.54, 1.807) is 26.0 Å². The monoisotopic (exact) mass is 260 g/mol. The molecule has 4 heteroatoms. The van der Waals surface area contributed by atoms with Crippen LogP contribution < -0.4 is 0 Å². The van der Waals surface area contributed by atoms with Gasteiger partial charge in [-0.15, -0.1) is 0 Å².